The van der Waals surface area contributed by atoms with Crippen molar-refractivity contribution in [2.24, 2.45) is 0 Å². The van der Waals surface area contributed by atoms with E-state index in [4.69, 9.17) is 4.74 Å². The van der Waals surface area contributed by atoms with Crippen LogP contribution in [-0.4, -0.2) is 31.4 Å². The maximum absolute atomic E-state index is 13.1. The van der Waals surface area contributed by atoms with Gasteiger partial charge in [0, 0.05) is 18.2 Å². The van der Waals surface area contributed by atoms with Crippen molar-refractivity contribution in [1.82, 2.24) is 9.36 Å². The molecule has 3 rings (SSSR count). The molecule has 0 unspecified atom stereocenters. The van der Waals surface area contributed by atoms with Crippen molar-refractivity contribution in [3.05, 3.63) is 29.7 Å². The summed E-state index contributed by atoms with van der Waals surface area (Å²) >= 11 is 0.839. The van der Waals surface area contributed by atoms with Gasteiger partial charge in [-0.3, -0.25) is 0 Å². The summed E-state index contributed by atoms with van der Waals surface area (Å²) in [4.78, 5) is 3.88. The second-order valence-electron chi connectivity index (χ2n) is 4.15. The lowest BCUT2D eigenvalue weighted by Gasteiger charge is -2.16. The molecule has 0 saturated heterocycles. The molecule has 9 heteroatoms. The molecule has 0 saturated carbocycles. The van der Waals surface area contributed by atoms with Gasteiger partial charge in [-0.1, -0.05) is 0 Å². The molecular formula is C11H10FN3O3S2. The van der Waals surface area contributed by atoms with Crippen LogP contribution in [0, 0.1) is 5.82 Å². The Morgan fingerprint density at radius 3 is 2.95 bits per heavy atom. The zero-order valence-corrected chi connectivity index (χ0v) is 12.0. The minimum atomic E-state index is -3.73. The molecule has 0 aromatic carbocycles. The number of halogens is 1. The molecule has 2 aromatic rings. The minimum Gasteiger partial charge on any atom is -0.480 e. The smallest absolute Gasteiger partial charge is 0.276 e. The van der Waals surface area contributed by atoms with Crippen LogP contribution in [0.3, 0.4) is 0 Å². The number of aromatic nitrogens is 2. The zero-order chi connectivity index (χ0) is 14.3. The predicted octanol–water partition coefficient (Wildman–Crippen LogP) is 1.44. The lowest BCUT2D eigenvalue weighted by atomic mass is 10.2. The molecule has 0 spiro atoms. The van der Waals surface area contributed by atoms with Gasteiger partial charge in [0.2, 0.25) is 5.88 Å². The van der Waals surface area contributed by atoms with Crippen molar-refractivity contribution >= 4 is 27.4 Å². The van der Waals surface area contributed by atoms with E-state index in [0.717, 1.165) is 17.7 Å². The van der Waals surface area contributed by atoms with Crippen LogP contribution in [0.2, 0.25) is 0 Å². The van der Waals surface area contributed by atoms with Crippen LogP contribution in [0.5, 0.6) is 5.88 Å². The molecule has 0 aliphatic carbocycles. The average molecular weight is 315 g/mol. The predicted molar refractivity (Wildman–Crippen MR) is 71.1 cm³/mol. The average Bonchev–Trinajstić information content (AvgIpc) is 3.04. The molecule has 3 heterocycles. The molecule has 1 aliphatic heterocycles. The van der Waals surface area contributed by atoms with E-state index in [-0.39, 0.29) is 22.5 Å². The third kappa shape index (κ3) is 2.02. The summed E-state index contributed by atoms with van der Waals surface area (Å²) < 4.78 is 48.2. The van der Waals surface area contributed by atoms with Gasteiger partial charge in [0.15, 0.2) is 4.21 Å². The van der Waals surface area contributed by atoms with E-state index in [0.29, 0.717) is 12.0 Å². The number of ether oxygens (including phenoxy) is 1. The molecule has 6 nitrogen and oxygen atoms in total. The highest BCUT2D eigenvalue weighted by Crippen LogP contribution is 2.33. The van der Waals surface area contributed by atoms with Gasteiger partial charge < -0.3 is 4.74 Å². The first-order valence-electron chi connectivity index (χ1n) is 5.70. The Labute approximate surface area is 119 Å². The van der Waals surface area contributed by atoms with Crippen molar-refractivity contribution in [2.45, 2.75) is 10.6 Å². The second-order valence-corrected chi connectivity index (χ2v) is 7.05. The first kappa shape index (κ1) is 13.3. The Morgan fingerprint density at radius 1 is 1.45 bits per heavy atom. The van der Waals surface area contributed by atoms with Gasteiger partial charge in [-0.25, -0.2) is 22.1 Å². The van der Waals surface area contributed by atoms with E-state index < -0.39 is 15.8 Å². The van der Waals surface area contributed by atoms with Crippen molar-refractivity contribution in [3.63, 3.8) is 0 Å². The topological polar surface area (TPSA) is 72.4 Å². The first-order valence-corrected chi connectivity index (χ1v) is 7.91. The van der Waals surface area contributed by atoms with Gasteiger partial charge in [0.05, 0.1) is 13.3 Å². The lowest BCUT2D eigenvalue weighted by molar-refractivity contribution is 0.402. The van der Waals surface area contributed by atoms with Gasteiger partial charge in [0.1, 0.15) is 11.6 Å². The molecule has 0 amide bonds. The van der Waals surface area contributed by atoms with Gasteiger partial charge in [-0.05, 0) is 24.0 Å². The van der Waals surface area contributed by atoms with E-state index in [1.54, 1.807) is 0 Å². The highest BCUT2D eigenvalue weighted by molar-refractivity contribution is 7.94. The van der Waals surface area contributed by atoms with Gasteiger partial charge >= 0.3 is 0 Å². The van der Waals surface area contributed by atoms with Crippen molar-refractivity contribution in [3.8, 4) is 5.88 Å². The van der Waals surface area contributed by atoms with Crippen LogP contribution in [0.1, 0.15) is 5.56 Å². The maximum Gasteiger partial charge on any atom is 0.276 e. The monoisotopic (exact) mass is 315 g/mol. The number of hydrogen-bond donors (Lipinski definition) is 0. The van der Waals surface area contributed by atoms with E-state index in [1.165, 1.54) is 23.5 Å². The normalized spacial score (nSPS) is 14.4. The molecule has 0 fully saturated rings. The molecule has 0 atom stereocenters. The minimum absolute atomic E-state index is 0.0772. The van der Waals surface area contributed by atoms with Gasteiger partial charge in [0.25, 0.3) is 10.0 Å². The van der Waals surface area contributed by atoms with Gasteiger partial charge in [-0.2, -0.15) is 4.37 Å². The number of rotatable bonds is 3. The van der Waals surface area contributed by atoms with Crippen LogP contribution >= 0.6 is 11.5 Å². The third-order valence-electron chi connectivity index (χ3n) is 2.95. The summed E-state index contributed by atoms with van der Waals surface area (Å²) in [6, 6.07) is 2.67. The number of hydrogen-bond acceptors (Lipinski definition) is 6. The van der Waals surface area contributed by atoms with Crippen molar-refractivity contribution < 1.29 is 17.5 Å². The summed E-state index contributed by atoms with van der Waals surface area (Å²) in [6.07, 6.45) is 1.45. The number of anilines is 1. The van der Waals surface area contributed by atoms with Crippen molar-refractivity contribution in [2.75, 3.05) is 18.0 Å². The lowest BCUT2D eigenvalue weighted by Crippen LogP contribution is -2.29. The highest BCUT2D eigenvalue weighted by atomic mass is 32.2. The molecule has 0 N–H and O–H groups in total. The number of methoxy groups -OCH3 is 1. The van der Waals surface area contributed by atoms with E-state index >= 15 is 0 Å². The van der Waals surface area contributed by atoms with Crippen LogP contribution < -0.4 is 9.04 Å². The Morgan fingerprint density at radius 2 is 2.25 bits per heavy atom. The molecule has 20 heavy (non-hydrogen) atoms. The Bertz CT molecular complexity index is 760. The van der Waals surface area contributed by atoms with Crippen LogP contribution in [-0.2, 0) is 16.4 Å². The number of pyridine rings is 1. The van der Waals surface area contributed by atoms with Crippen molar-refractivity contribution in [1.29, 1.82) is 0 Å². The van der Waals surface area contributed by atoms with E-state index in [1.807, 2.05) is 0 Å². The summed E-state index contributed by atoms with van der Waals surface area (Å²) in [5, 5.41) is 0. The SMILES string of the molecule is COc1cc(S(=O)(=O)N2CCc3cc(F)cnc32)sn1. The fourth-order valence-corrected chi connectivity index (χ4v) is 4.42. The number of nitrogens with zero attached hydrogens (tertiary/aromatic N) is 3. The summed E-state index contributed by atoms with van der Waals surface area (Å²) in [7, 11) is -2.31. The van der Waals surface area contributed by atoms with Crippen LogP contribution in [0.15, 0.2) is 22.5 Å². The van der Waals surface area contributed by atoms with E-state index in [9.17, 15) is 12.8 Å². The number of sulfonamides is 1. The van der Waals surface area contributed by atoms with Crippen LogP contribution in [0.25, 0.3) is 0 Å². The molecule has 0 radical (unpaired) electrons. The van der Waals surface area contributed by atoms with Gasteiger partial charge in [-0.15, -0.1) is 0 Å². The Balaban J connectivity index is 2.02. The molecule has 2 aromatic heterocycles. The summed E-state index contributed by atoms with van der Waals surface area (Å²) in [5.41, 5.74) is 0.588. The number of fused-ring (bicyclic) bond motifs is 1. The largest absolute Gasteiger partial charge is 0.480 e. The van der Waals surface area contributed by atoms with E-state index in [2.05, 4.69) is 9.36 Å². The molecule has 1 aliphatic rings. The maximum atomic E-state index is 13.1. The highest BCUT2D eigenvalue weighted by Gasteiger charge is 2.33. The Kier molecular flexibility index (Phi) is 3.09. The summed E-state index contributed by atoms with van der Waals surface area (Å²) in [6.45, 7) is 0.244. The first-order chi connectivity index (χ1) is 9.52. The molecule has 106 valence electrons. The Hall–Kier alpha value is -1.74. The fourth-order valence-electron chi connectivity index (χ4n) is 2.01. The molecular weight excluding hydrogens is 305 g/mol. The van der Waals surface area contributed by atoms with Crippen LogP contribution in [0.4, 0.5) is 10.2 Å². The quantitative estimate of drug-likeness (QED) is 0.857. The fraction of sp³-hybridized carbons (Fsp3) is 0.273. The third-order valence-corrected chi connectivity index (χ3v) is 5.94. The standard InChI is InChI=1S/C11H10FN3O3S2/c1-18-9-5-10(19-14-9)20(16,17)15-3-2-7-4-8(12)6-13-11(7)15/h4-6H,2-3H2,1H3. The zero-order valence-electron chi connectivity index (χ0n) is 10.4. The second kappa shape index (κ2) is 4.67. The molecule has 0 bridgehead atoms. The summed E-state index contributed by atoms with van der Waals surface area (Å²) in [5.74, 6) is 0.0567.